The van der Waals surface area contributed by atoms with Crippen molar-refractivity contribution in [2.24, 2.45) is 5.92 Å². The van der Waals surface area contributed by atoms with Gasteiger partial charge in [-0.3, -0.25) is 9.88 Å². The third-order valence-corrected chi connectivity index (χ3v) is 5.59. The third-order valence-electron chi connectivity index (χ3n) is 5.59. The predicted molar refractivity (Wildman–Crippen MR) is 97.2 cm³/mol. The highest BCUT2D eigenvalue weighted by molar-refractivity contribution is 5.35. The number of fused-ring (bicyclic) bond motifs is 1. The zero-order valence-electron chi connectivity index (χ0n) is 14.6. The quantitative estimate of drug-likeness (QED) is 0.932. The summed E-state index contributed by atoms with van der Waals surface area (Å²) in [5.74, 6) is 1.45. The van der Waals surface area contributed by atoms with E-state index < -0.39 is 0 Å². The van der Waals surface area contributed by atoms with Gasteiger partial charge >= 0.3 is 0 Å². The molecule has 2 aromatic rings. The molecule has 1 saturated carbocycles. The molecule has 1 aliphatic carbocycles. The van der Waals surface area contributed by atoms with Crippen LogP contribution < -0.4 is 4.74 Å². The van der Waals surface area contributed by atoms with E-state index in [1.807, 2.05) is 18.3 Å². The van der Waals surface area contributed by atoms with Crippen molar-refractivity contribution < 1.29 is 9.84 Å². The first kappa shape index (κ1) is 16.6. The summed E-state index contributed by atoms with van der Waals surface area (Å²) in [5.41, 5.74) is 2.20. The Kier molecular flexibility index (Phi) is 4.73. The third kappa shape index (κ3) is 3.70. The minimum Gasteiger partial charge on any atom is -0.486 e. The molecule has 0 radical (unpaired) electrons. The van der Waals surface area contributed by atoms with Crippen molar-refractivity contribution in [3.05, 3.63) is 59.9 Å². The van der Waals surface area contributed by atoms with Crippen molar-refractivity contribution >= 4 is 0 Å². The van der Waals surface area contributed by atoms with E-state index >= 15 is 0 Å². The van der Waals surface area contributed by atoms with Crippen LogP contribution in [0.5, 0.6) is 5.75 Å². The summed E-state index contributed by atoms with van der Waals surface area (Å²) in [6.45, 7) is 2.93. The lowest BCUT2D eigenvalue weighted by atomic mass is 9.78. The highest BCUT2D eigenvalue weighted by Gasteiger charge is 2.40. The van der Waals surface area contributed by atoms with E-state index in [0.29, 0.717) is 12.5 Å². The first-order valence-corrected chi connectivity index (χ1v) is 9.26. The van der Waals surface area contributed by atoms with Crippen LogP contribution in [0.4, 0.5) is 0 Å². The number of aromatic nitrogens is 1. The summed E-state index contributed by atoms with van der Waals surface area (Å²) in [4.78, 5) is 6.97. The van der Waals surface area contributed by atoms with Crippen LogP contribution in [0.2, 0.25) is 0 Å². The Balaban J connectivity index is 1.60. The Labute approximate surface area is 149 Å². The van der Waals surface area contributed by atoms with Gasteiger partial charge in [0, 0.05) is 38.0 Å². The Hall–Kier alpha value is -1.91. The van der Waals surface area contributed by atoms with Crippen molar-refractivity contribution in [1.82, 2.24) is 9.88 Å². The standard InChI is InChI=1S/C21H26N2O2/c24-15-17-8-10-21(11-9-17)16-23(14-19-6-3-4-12-22-19)13-18-5-1-2-7-20(18)25-21/h1-7,12,17,24H,8-11,13-16H2. The lowest BCUT2D eigenvalue weighted by Crippen LogP contribution is -2.48. The summed E-state index contributed by atoms with van der Waals surface area (Å²) in [5, 5.41) is 9.48. The zero-order valence-corrected chi connectivity index (χ0v) is 14.6. The Bertz CT molecular complexity index is 696. The van der Waals surface area contributed by atoms with Gasteiger partial charge in [0.25, 0.3) is 0 Å². The molecule has 0 amide bonds. The number of rotatable bonds is 3. The molecule has 1 aliphatic heterocycles. The van der Waals surface area contributed by atoms with Crippen molar-refractivity contribution in [3.8, 4) is 5.75 Å². The van der Waals surface area contributed by atoms with Crippen LogP contribution in [0.15, 0.2) is 48.7 Å². The van der Waals surface area contributed by atoms with E-state index in [1.165, 1.54) is 5.56 Å². The molecule has 0 atom stereocenters. The highest BCUT2D eigenvalue weighted by atomic mass is 16.5. The molecule has 0 bridgehead atoms. The van der Waals surface area contributed by atoms with Crippen LogP contribution in [0.25, 0.3) is 0 Å². The number of aliphatic hydroxyl groups excluding tert-OH is 1. The number of para-hydroxylation sites is 1. The molecule has 4 rings (SSSR count). The maximum absolute atomic E-state index is 9.48. The van der Waals surface area contributed by atoms with Gasteiger partial charge in [0.05, 0.1) is 5.69 Å². The molecule has 1 fully saturated rings. The number of pyridine rings is 1. The van der Waals surface area contributed by atoms with Crippen LogP contribution in [0, 0.1) is 5.92 Å². The lowest BCUT2D eigenvalue weighted by Gasteiger charge is -2.41. The maximum Gasteiger partial charge on any atom is 0.124 e. The average molecular weight is 338 g/mol. The van der Waals surface area contributed by atoms with E-state index in [4.69, 9.17) is 4.74 Å². The molecule has 132 valence electrons. The van der Waals surface area contributed by atoms with Crippen LogP contribution >= 0.6 is 0 Å². The van der Waals surface area contributed by atoms with E-state index in [-0.39, 0.29) is 5.60 Å². The van der Waals surface area contributed by atoms with Crippen LogP contribution in [0.3, 0.4) is 0 Å². The van der Waals surface area contributed by atoms with E-state index in [9.17, 15) is 5.11 Å². The molecule has 4 heteroatoms. The molecule has 0 saturated heterocycles. The second-order valence-corrected chi connectivity index (χ2v) is 7.48. The summed E-state index contributed by atoms with van der Waals surface area (Å²) >= 11 is 0. The number of nitrogens with zero attached hydrogens (tertiary/aromatic N) is 2. The van der Waals surface area contributed by atoms with Gasteiger partial charge in [0.1, 0.15) is 11.4 Å². The summed E-state index contributed by atoms with van der Waals surface area (Å²) in [6.07, 6.45) is 5.95. The van der Waals surface area contributed by atoms with Gasteiger partial charge in [-0.1, -0.05) is 24.3 Å². The fourth-order valence-electron chi connectivity index (χ4n) is 4.18. The van der Waals surface area contributed by atoms with Gasteiger partial charge in [0.15, 0.2) is 0 Å². The van der Waals surface area contributed by atoms with E-state index in [2.05, 4.69) is 40.2 Å². The second kappa shape index (κ2) is 7.14. The number of hydrogen-bond donors (Lipinski definition) is 1. The van der Waals surface area contributed by atoms with Gasteiger partial charge in [0.2, 0.25) is 0 Å². The topological polar surface area (TPSA) is 45.6 Å². The molecule has 2 aliphatic rings. The van der Waals surface area contributed by atoms with Crippen LogP contribution in [-0.2, 0) is 13.1 Å². The molecule has 25 heavy (non-hydrogen) atoms. The average Bonchev–Trinajstić information content (AvgIpc) is 2.79. The monoisotopic (exact) mass is 338 g/mol. The Morgan fingerprint density at radius 2 is 1.92 bits per heavy atom. The molecule has 2 heterocycles. The van der Waals surface area contributed by atoms with Gasteiger partial charge in [-0.25, -0.2) is 0 Å². The van der Waals surface area contributed by atoms with Gasteiger partial charge in [-0.2, -0.15) is 0 Å². The zero-order chi connectivity index (χ0) is 17.1. The Morgan fingerprint density at radius 1 is 1.12 bits per heavy atom. The first-order valence-electron chi connectivity index (χ1n) is 9.26. The van der Waals surface area contributed by atoms with Crippen molar-refractivity contribution in [2.75, 3.05) is 13.2 Å². The fraction of sp³-hybridized carbons (Fsp3) is 0.476. The van der Waals surface area contributed by atoms with Gasteiger partial charge < -0.3 is 9.84 Å². The number of hydrogen-bond acceptors (Lipinski definition) is 4. The number of aliphatic hydroxyl groups is 1. The molecule has 1 spiro atoms. The van der Waals surface area contributed by atoms with E-state index in [0.717, 1.165) is 56.8 Å². The van der Waals surface area contributed by atoms with Crippen LogP contribution in [-0.4, -0.2) is 33.7 Å². The van der Waals surface area contributed by atoms with Crippen molar-refractivity contribution in [3.63, 3.8) is 0 Å². The summed E-state index contributed by atoms with van der Waals surface area (Å²) in [6, 6.07) is 14.5. The second-order valence-electron chi connectivity index (χ2n) is 7.48. The number of ether oxygens (including phenoxy) is 1. The Morgan fingerprint density at radius 3 is 2.68 bits per heavy atom. The minimum absolute atomic E-state index is 0.146. The van der Waals surface area contributed by atoms with Gasteiger partial charge in [-0.15, -0.1) is 0 Å². The smallest absolute Gasteiger partial charge is 0.124 e. The molecule has 1 aromatic carbocycles. The normalized spacial score (nSPS) is 26.7. The lowest BCUT2D eigenvalue weighted by molar-refractivity contribution is -0.0156. The SMILES string of the molecule is OCC1CCC2(CC1)CN(Cc1ccccn1)Cc1ccccc1O2. The predicted octanol–water partition coefficient (Wildman–Crippen LogP) is 3.40. The van der Waals surface area contributed by atoms with Crippen LogP contribution in [0.1, 0.15) is 36.9 Å². The molecule has 1 aromatic heterocycles. The molecule has 4 nitrogen and oxygen atoms in total. The molecular weight excluding hydrogens is 312 g/mol. The largest absolute Gasteiger partial charge is 0.486 e. The fourth-order valence-corrected chi connectivity index (χ4v) is 4.18. The summed E-state index contributed by atoms with van der Waals surface area (Å²) < 4.78 is 6.60. The van der Waals surface area contributed by atoms with Crippen molar-refractivity contribution in [1.29, 1.82) is 0 Å². The number of benzene rings is 1. The van der Waals surface area contributed by atoms with E-state index in [1.54, 1.807) is 0 Å². The minimum atomic E-state index is -0.146. The highest BCUT2D eigenvalue weighted by Crippen LogP contribution is 2.40. The van der Waals surface area contributed by atoms with Crippen molar-refractivity contribution in [2.45, 2.75) is 44.4 Å². The molecule has 1 N–H and O–H groups in total. The molecular formula is C21H26N2O2. The maximum atomic E-state index is 9.48. The first-order chi connectivity index (χ1) is 12.3. The van der Waals surface area contributed by atoms with Gasteiger partial charge in [-0.05, 0) is 49.8 Å². The molecule has 0 unspecified atom stereocenters. The summed E-state index contributed by atoms with van der Waals surface area (Å²) in [7, 11) is 0.